The summed E-state index contributed by atoms with van der Waals surface area (Å²) in [7, 11) is 0. The van der Waals surface area contributed by atoms with Crippen molar-refractivity contribution in [3.63, 3.8) is 0 Å². The first kappa shape index (κ1) is 11.2. The minimum Gasteiger partial charge on any atom is -0.342 e. The molecule has 1 aliphatic rings. The molecule has 0 spiro atoms. The minimum atomic E-state index is 0.228. The van der Waals surface area contributed by atoms with Crippen LogP contribution in [0.2, 0.25) is 0 Å². The second kappa shape index (κ2) is 5.81. The molecule has 0 unspecified atom stereocenters. The van der Waals surface area contributed by atoms with Gasteiger partial charge in [0.2, 0.25) is 5.91 Å². The highest BCUT2D eigenvalue weighted by Gasteiger charge is 2.16. The van der Waals surface area contributed by atoms with Gasteiger partial charge in [0.15, 0.2) is 0 Å². The van der Waals surface area contributed by atoms with Crippen molar-refractivity contribution in [1.29, 1.82) is 0 Å². The molecular weight excluding hydrogens is 176 g/mol. The Kier molecular flexibility index (Phi) is 4.66. The number of hydrogen-bond donors (Lipinski definition) is 1. The van der Waals surface area contributed by atoms with Crippen LogP contribution in [0.5, 0.6) is 0 Å². The van der Waals surface area contributed by atoms with Crippen LogP contribution in [-0.2, 0) is 4.79 Å². The minimum absolute atomic E-state index is 0.228. The summed E-state index contributed by atoms with van der Waals surface area (Å²) in [6.45, 7) is 9.05. The van der Waals surface area contributed by atoms with Gasteiger partial charge in [-0.25, -0.2) is 0 Å². The van der Waals surface area contributed by atoms with Gasteiger partial charge in [-0.05, 0) is 19.3 Å². The predicted octanol–water partition coefficient (Wildman–Crippen LogP) is 1.16. The first-order chi connectivity index (χ1) is 6.74. The quantitative estimate of drug-likeness (QED) is 0.669. The summed E-state index contributed by atoms with van der Waals surface area (Å²) in [4.78, 5) is 13.5. The van der Waals surface area contributed by atoms with Crippen LogP contribution in [0.15, 0.2) is 12.2 Å². The van der Waals surface area contributed by atoms with Crippen LogP contribution in [0.1, 0.15) is 26.2 Å². The van der Waals surface area contributed by atoms with Gasteiger partial charge in [-0.15, -0.1) is 0 Å². The van der Waals surface area contributed by atoms with E-state index in [9.17, 15) is 4.79 Å². The van der Waals surface area contributed by atoms with Crippen LogP contribution in [0.25, 0.3) is 0 Å². The Morgan fingerprint density at radius 2 is 2.00 bits per heavy atom. The highest BCUT2D eigenvalue weighted by atomic mass is 16.2. The molecule has 0 radical (unpaired) electrons. The van der Waals surface area contributed by atoms with E-state index >= 15 is 0 Å². The van der Waals surface area contributed by atoms with Crippen LogP contribution >= 0.6 is 0 Å². The first-order valence-corrected chi connectivity index (χ1v) is 5.39. The van der Waals surface area contributed by atoms with E-state index in [2.05, 4.69) is 18.8 Å². The Morgan fingerprint density at radius 3 is 2.57 bits per heavy atom. The second-order valence-corrected chi connectivity index (χ2v) is 3.80. The molecular formula is C11H20N2O. The molecule has 1 heterocycles. The summed E-state index contributed by atoms with van der Waals surface area (Å²) in [6.07, 6.45) is 3.30. The zero-order chi connectivity index (χ0) is 10.4. The highest BCUT2D eigenvalue weighted by Crippen LogP contribution is 2.06. The molecule has 0 aromatic rings. The summed E-state index contributed by atoms with van der Waals surface area (Å²) in [5, 5.41) is 3.12. The smallest absolute Gasteiger partial charge is 0.236 e. The molecule has 1 amide bonds. The molecule has 0 atom stereocenters. The number of amides is 1. The fourth-order valence-electron chi connectivity index (χ4n) is 1.55. The maximum Gasteiger partial charge on any atom is 0.236 e. The van der Waals surface area contributed by atoms with Crippen molar-refractivity contribution in [2.45, 2.75) is 26.2 Å². The summed E-state index contributed by atoms with van der Waals surface area (Å²) in [5.41, 5.74) is 1.15. The number of hydrogen-bond acceptors (Lipinski definition) is 2. The van der Waals surface area contributed by atoms with Gasteiger partial charge in [0.1, 0.15) is 0 Å². The largest absolute Gasteiger partial charge is 0.342 e. The topological polar surface area (TPSA) is 32.3 Å². The summed E-state index contributed by atoms with van der Waals surface area (Å²) < 4.78 is 0. The Hall–Kier alpha value is -0.830. The molecule has 3 nitrogen and oxygen atoms in total. The van der Waals surface area contributed by atoms with E-state index in [1.54, 1.807) is 0 Å². The van der Waals surface area contributed by atoms with E-state index in [-0.39, 0.29) is 5.91 Å². The molecule has 0 aliphatic carbocycles. The van der Waals surface area contributed by atoms with Gasteiger partial charge in [-0.2, -0.15) is 0 Å². The lowest BCUT2D eigenvalue weighted by Crippen LogP contribution is -2.36. The third-order valence-electron chi connectivity index (χ3n) is 2.61. The molecule has 0 bridgehead atoms. The van der Waals surface area contributed by atoms with Crippen LogP contribution in [0, 0.1) is 0 Å². The van der Waals surface area contributed by atoms with E-state index in [0.717, 1.165) is 44.5 Å². The molecule has 1 N–H and O–H groups in total. The average Bonchev–Trinajstić information content (AvgIpc) is 2.70. The maximum atomic E-state index is 11.5. The third-order valence-corrected chi connectivity index (χ3v) is 2.61. The van der Waals surface area contributed by atoms with E-state index in [1.165, 1.54) is 0 Å². The van der Waals surface area contributed by atoms with Gasteiger partial charge in [-0.1, -0.05) is 19.1 Å². The standard InChI is InChI=1S/C11H20N2O/c1-3-10(2)8-12-9-11(14)13-6-4-5-7-13/h12H,2-9H2,1H3. The summed E-state index contributed by atoms with van der Waals surface area (Å²) in [5.74, 6) is 0.228. The zero-order valence-corrected chi connectivity index (χ0v) is 9.01. The van der Waals surface area contributed by atoms with Crippen molar-refractivity contribution in [3.05, 3.63) is 12.2 Å². The Balaban J connectivity index is 2.11. The maximum absolute atomic E-state index is 11.5. The lowest BCUT2D eigenvalue weighted by atomic mass is 10.2. The Labute approximate surface area is 86.2 Å². The predicted molar refractivity (Wildman–Crippen MR) is 58.1 cm³/mol. The van der Waals surface area contributed by atoms with Crippen LogP contribution in [0.3, 0.4) is 0 Å². The lowest BCUT2D eigenvalue weighted by Gasteiger charge is -2.15. The van der Waals surface area contributed by atoms with Gasteiger partial charge in [0, 0.05) is 19.6 Å². The van der Waals surface area contributed by atoms with Gasteiger partial charge in [-0.3, -0.25) is 4.79 Å². The third kappa shape index (κ3) is 3.50. The average molecular weight is 196 g/mol. The lowest BCUT2D eigenvalue weighted by molar-refractivity contribution is -0.129. The van der Waals surface area contributed by atoms with E-state index in [1.807, 2.05) is 4.90 Å². The molecule has 0 saturated carbocycles. The number of carbonyl (C=O) groups is 1. The van der Waals surface area contributed by atoms with Crippen molar-refractivity contribution in [1.82, 2.24) is 10.2 Å². The van der Waals surface area contributed by atoms with Crippen molar-refractivity contribution in [3.8, 4) is 0 Å². The normalized spacial score (nSPS) is 15.9. The highest BCUT2D eigenvalue weighted by molar-refractivity contribution is 5.78. The fraction of sp³-hybridized carbons (Fsp3) is 0.727. The number of likely N-dealkylation sites (tertiary alicyclic amines) is 1. The molecule has 3 heteroatoms. The number of nitrogens with zero attached hydrogens (tertiary/aromatic N) is 1. The Morgan fingerprint density at radius 1 is 1.36 bits per heavy atom. The van der Waals surface area contributed by atoms with Crippen LogP contribution in [0.4, 0.5) is 0 Å². The van der Waals surface area contributed by atoms with Gasteiger partial charge in [0.05, 0.1) is 6.54 Å². The first-order valence-electron chi connectivity index (χ1n) is 5.39. The Bertz CT molecular complexity index is 207. The van der Waals surface area contributed by atoms with Crippen molar-refractivity contribution in [2.75, 3.05) is 26.2 Å². The van der Waals surface area contributed by atoms with Crippen LogP contribution in [-0.4, -0.2) is 37.0 Å². The van der Waals surface area contributed by atoms with Gasteiger partial charge < -0.3 is 10.2 Å². The molecule has 1 saturated heterocycles. The van der Waals surface area contributed by atoms with E-state index in [4.69, 9.17) is 0 Å². The molecule has 80 valence electrons. The number of rotatable bonds is 5. The van der Waals surface area contributed by atoms with E-state index in [0.29, 0.717) is 6.54 Å². The molecule has 1 aliphatic heterocycles. The second-order valence-electron chi connectivity index (χ2n) is 3.80. The molecule has 14 heavy (non-hydrogen) atoms. The van der Waals surface area contributed by atoms with Crippen molar-refractivity contribution in [2.24, 2.45) is 0 Å². The van der Waals surface area contributed by atoms with Crippen molar-refractivity contribution < 1.29 is 4.79 Å². The van der Waals surface area contributed by atoms with E-state index < -0.39 is 0 Å². The molecule has 1 fully saturated rings. The monoisotopic (exact) mass is 196 g/mol. The molecule has 0 aromatic heterocycles. The van der Waals surface area contributed by atoms with Crippen molar-refractivity contribution >= 4 is 5.91 Å². The van der Waals surface area contributed by atoms with Gasteiger partial charge in [0.25, 0.3) is 0 Å². The zero-order valence-electron chi connectivity index (χ0n) is 9.01. The number of nitrogens with one attached hydrogen (secondary N) is 1. The molecule has 0 aromatic carbocycles. The van der Waals surface area contributed by atoms with Crippen LogP contribution < -0.4 is 5.32 Å². The number of carbonyl (C=O) groups excluding carboxylic acids is 1. The van der Waals surface area contributed by atoms with Gasteiger partial charge >= 0.3 is 0 Å². The SMILES string of the molecule is C=C(CC)CNCC(=O)N1CCCC1. The summed E-state index contributed by atoms with van der Waals surface area (Å²) in [6, 6.07) is 0. The molecule has 1 rings (SSSR count). The summed E-state index contributed by atoms with van der Waals surface area (Å²) >= 11 is 0. The fourth-order valence-corrected chi connectivity index (χ4v) is 1.55.